The lowest BCUT2D eigenvalue weighted by molar-refractivity contribution is -0.170. The predicted octanol–water partition coefficient (Wildman–Crippen LogP) is 0.331. The standard InChI is InChI=1S/C16H17N3O2.C6H8O7/c1-18(2)6-7-19-15(20)12-5-3-4-10-8-11(17)9-13(14(10)12)16(19)21;7-3(8)1-6(13,5(11)12)2-4(9)10/h3-5,8-9H,6-7,17H2,1-2H3;13H,1-2H2,(H,7,8)(H,9,10)(H,11,12). The van der Waals surface area contributed by atoms with Gasteiger partial charge in [0, 0.05) is 29.7 Å². The molecular formula is C22H25N3O9. The van der Waals surface area contributed by atoms with Crippen molar-refractivity contribution in [2.75, 3.05) is 32.9 Å². The summed E-state index contributed by atoms with van der Waals surface area (Å²) < 4.78 is 0. The van der Waals surface area contributed by atoms with E-state index in [-0.39, 0.29) is 11.8 Å². The number of nitrogens with two attached hydrogens (primary N) is 1. The van der Waals surface area contributed by atoms with E-state index in [1.807, 2.05) is 31.1 Å². The minimum Gasteiger partial charge on any atom is -0.481 e. The van der Waals surface area contributed by atoms with Crippen LogP contribution >= 0.6 is 0 Å². The zero-order valence-electron chi connectivity index (χ0n) is 18.5. The van der Waals surface area contributed by atoms with Crippen LogP contribution in [0.5, 0.6) is 0 Å². The number of anilines is 1. The molecule has 34 heavy (non-hydrogen) atoms. The molecule has 0 aromatic heterocycles. The second-order valence-electron chi connectivity index (χ2n) is 8.02. The average molecular weight is 475 g/mol. The number of rotatable bonds is 8. The molecule has 2 aromatic carbocycles. The van der Waals surface area contributed by atoms with Crippen LogP contribution in [0.15, 0.2) is 30.3 Å². The van der Waals surface area contributed by atoms with Crippen LogP contribution in [0.2, 0.25) is 0 Å². The molecular weight excluding hydrogens is 450 g/mol. The number of carbonyl (C=O) groups is 5. The number of carbonyl (C=O) groups excluding carboxylic acids is 2. The molecule has 2 aromatic rings. The van der Waals surface area contributed by atoms with E-state index in [0.29, 0.717) is 35.3 Å². The van der Waals surface area contributed by atoms with Crippen LogP contribution in [0, 0.1) is 0 Å². The van der Waals surface area contributed by atoms with Crippen LogP contribution < -0.4 is 5.73 Å². The number of nitrogens with zero attached hydrogens (tertiary/aromatic N) is 2. The Morgan fingerprint density at radius 3 is 2.03 bits per heavy atom. The number of nitrogen functional groups attached to an aromatic ring is 1. The van der Waals surface area contributed by atoms with Crippen molar-refractivity contribution in [2.45, 2.75) is 18.4 Å². The lowest BCUT2D eigenvalue weighted by atomic mass is 9.93. The van der Waals surface area contributed by atoms with Crippen LogP contribution in [0.3, 0.4) is 0 Å². The van der Waals surface area contributed by atoms with E-state index in [9.17, 15) is 24.0 Å². The first kappa shape index (κ1) is 26.2. The molecule has 0 saturated carbocycles. The van der Waals surface area contributed by atoms with Crippen LogP contribution in [0.25, 0.3) is 10.8 Å². The molecule has 1 aliphatic rings. The van der Waals surface area contributed by atoms with Gasteiger partial charge in [-0.05, 0) is 37.7 Å². The monoisotopic (exact) mass is 475 g/mol. The SMILES string of the molecule is CN(C)CCN1C(=O)c2cccc3cc(N)cc(c23)C1=O.O=C(O)CC(O)(CC(=O)O)C(=O)O. The second-order valence-corrected chi connectivity index (χ2v) is 8.02. The lowest BCUT2D eigenvalue weighted by Crippen LogP contribution is -2.43. The Hall–Kier alpha value is -4.03. The maximum Gasteiger partial charge on any atom is 0.336 e. The number of imide groups is 1. The third kappa shape index (κ3) is 5.85. The third-order valence-electron chi connectivity index (χ3n) is 5.01. The maximum absolute atomic E-state index is 12.6. The van der Waals surface area contributed by atoms with Gasteiger partial charge in [-0.25, -0.2) is 4.79 Å². The molecule has 0 fully saturated rings. The molecule has 182 valence electrons. The topological polar surface area (TPSA) is 199 Å². The number of likely N-dealkylation sites (N-methyl/N-ethyl adjacent to an activating group) is 1. The largest absolute Gasteiger partial charge is 0.481 e. The highest BCUT2D eigenvalue weighted by molar-refractivity contribution is 6.25. The summed E-state index contributed by atoms with van der Waals surface area (Å²) in [5, 5.41) is 35.4. The van der Waals surface area contributed by atoms with Crippen molar-refractivity contribution in [1.29, 1.82) is 0 Å². The van der Waals surface area contributed by atoms with Crippen LogP contribution in [-0.2, 0) is 14.4 Å². The third-order valence-corrected chi connectivity index (χ3v) is 5.01. The molecule has 1 heterocycles. The van der Waals surface area contributed by atoms with Crippen molar-refractivity contribution in [3.8, 4) is 0 Å². The fourth-order valence-electron chi connectivity index (χ4n) is 3.40. The summed E-state index contributed by atoms with van der Waals surface area (Å²) in [7, 11) is 3.82. The molecule has 3 rings (SSSR count). The summed E-state index contributed by atoms with van der Waals surface area (Å²) in [6.45, 7) is 1.00. The van der Waals surface area contributed by atoms with Gasteiger partial charge in [0.1, 0.15) is 0 Å². The van der Waals surface area contributed by atoms with Gasteiger partial charge in [-0.3, -0.25) is 24.1 Å². The number of carboxylic acids is 3. The van der Waals surface area contributed by atoms with Gasteiger partial charge in [0.05, 0.1) is 18.4 Å². The summed E-state index contributed by atoms with van der Waals surface area (Å²) in [4.78, 5) is 58.9. The molecule has 1 aliphatic heterocycles. The van der Waals surface area contributed by atoms with Gasteiger partial charge in [-0.15, -0.1) is 0 Å². The van der Waals surface area contributed by atoms with Gasteiger partial charge < -0.3 is 31.1 Å². The molecule has 0 radical (unpaired) electrons. The van der Waals surface area contributed by atoms with Crippen LogP contribution in [-0.4, -0.2) is 92.7 Å². The first-order valence-corrected chi connectivity index (χ1v) is 9.99. The zero-order chi connectivity index (χ0) is 25.8. The zero-order valence-corrected chi connectivity index (χ0v) is 18.5. The normalized spacial score (nSPS) is 13.0. The Kier molecular flexibility index (Phi) is 7.92. The Morgan fingerprint density at radius 1 is 0.971 bits per heavy atom. The fraction of sp³-hybridized carbons (Fsp3) is 0.318. The van der Waals surface area contributed by atoms with Gasteiger partial charge in [-0.2, -0.15) is 0 Å². The van der Waals surface area contributed by atoms with E-state index < -0.39 is 36.4 Å². The summed E-state index contributed by atoms with van der Waals surface area (Å²) in [5.74, 6) is -5.52. The number of carboxylic acid groups (broad SMARTS) is 3. The summed E-state index contributed by atoms with van der Waals surface area (Å²) in [6, 6.07) is 8.90. The molecule has 12 nitrogen and oxygen atoms in total. The minimum absolute atomic E-state index is 0.232. The van der Waals surface area contributed by atoms with E-state index >= 15 is 0 Å². The fourth-order valence-corrected chi connectivity index (χ4v) is 3.40. The van der Waals surface area contributed by atoms with Crippen molar-refractivity contribution in [3.63, 3.8) is 0 Å². The Bertz CT molecular complexity index is 1140. The number of hydrogen-bond acceptors (Lipinski definition) is 8. The van der Waals surface area contributed by atoms with Gasteiger partial charge in [0.15, 0.2) is 5.60 Å². The summed E-state index contributed by atoms with van der Waals surface area (Å²) in [6.07, 6.45) is -2.29. The molecule has 0 saturated heterocycles. The highest BCUT2D eigenvalue weighted by Gasteiger charge is 2.40. The van der Waals surface area contributed by atoms with Gasteiger partial charge >= 0.3 is 17.9 Å². The quantitative estimate of drug-likeness (QED) is 0.260. The molecule has 0 spiro atoms. The van der Waals surface area contributed by atoms with Crippen molar-refractivity contribution in [3.05, 3.63) is 41.5 Å². The van der Waals surface area contributed by atoms with Crippen molar-refractivity contribution in [2.24, 2.45) is 0 Å². The predicted molar refractivity (Wildman–Crippen MR) is 119 cm³/mol. The highest BCUT2D eigenvalue weighted by atomic mass is 16.4. The van der Waals surface area contributed by atoms with E-state index in [0.717, 1.165) is 5.39 Å². The molecule has 0 unspecified atom stereocenters. The first-order valence-electron chi connectivity index (χ1n) is 9.99. The number of aliphatic carboxylic acids is 3. The van der Waals surface area contributed by atoms with Crippen LogP contribution in [0.1, 0.15) is 33.6 Å². The van der Waals surface area contributed by atoms with E-state index in [1.54, 1.807) is 18.2 Å². The molecule has 2 amide bonds. The average Bonchev–Trinajstić information content (AvgIpc) is 2.70. The minimum atomic E-state index is -2.74. The molecule has 6 N–H and O–H groups in total. The van der Waals surface area contributed by atoms with Gasteiger partial charge in [0.25, 0.3) is 11.8 Å². The van der Waals surface area contributed by atoms with Crippen LogP contribution in [0.4, 0.5) is 5.69 Å². The van der Waals surface area contributed by atoms with E-state index in [4.69, 9.17) is 26.2 Å². The Morgan fingerprint density at radius 2 is 1.53 bits per heavy atom. The molecule has 12 heteroatoms. The lowest BCUT2D eigenvalue weighted by Gasteiger charge is -2.28. The number of hydrogen-bond donors (Lipinski definition) is 5. The number of benzene rings is 2. The van der Waals surface area contributed by atoms with Gasteiger partial charge in [-0.1, -0.05) is 12.1 Å². The molecule has 0 bridgehead atoms. The van der Waals surface area contributed by atoms with Crippen molar-refractivity contribution < 1.29 is 44.4 Å². The Labute approximate surface area is 193 Å². The first-order chi connectivity index (χ1) is 15.8. The van der Waals surface area contributed by atoms with Crippen molar-refractivity contribution in [1.82, 2.24) is 9.80 Å². The van der Waals surface area contributed by atoms with Gasteiger partial charge in [0.2, 0.25) is 0 Å². The molecule has 0 aliphatic carbocycles. The smallest absolute Gasteiger partial charge is 0.336 e. The van der Waals surface area contributed by atoms with E-state index in [1.165, 1.54) is 4.90 Å². The summed E-state index contributed by atoms with van der Waals surface area (Å²) >= 11 is 0. The molecule has 0 atom stereocenters. The summed E-state index contributed by atoms with van der Waals surface area (Å²) in [5.41, 5.74) is 4.75. The highest BCUT2D eigenvalue weighted by Crippen LogP contribution is 2.31. The van der Waals surface area contributed by atoms with E-state index in [2.05, 4.69) is 0 Å². The maximum atomic E-state index is 12.6. The number of aliphatic hydroxyl groups is 1. The second kappa shape index (κ2) is 10.3. The van der Waals surface area contributed by atoms with Crippen molar-refractivity contribution >= 4 is 46.2 Å². The number of amides is 2. The Balaban J connectivity index is 0.000000273.